The Morgan fingerprint density at radius 1 is 1.50 bits per heavy atom. The van der Waals surface area contributed by atoms with Gasteiger partial charge in [-0.2, -0.15) is 0 Å². The molecule has 0 aromatic heterocycles. The summed E-state index contributed by atoms with van der Waals surface area (Å²) < 4.78 is 0. The SMILES string of the molecule is CCC1CN(CC(=O)NCCO)CCN1C. The van der Waals surface area contributed by atoms with Crippen LogP contribution < -0.4 is 5.32 Å². The number of rotatable bonds is 5. The average molecular weight is 229 g/mol. The van der Waals surface area contributed by atoms with Gasteiger partial charge in [-0.25, -0.2) is 0 Å². The quantitative estimate of drug-likeness (QED) is 0.643. The second-order valence-corrected chi connectivity index (χ2v) is 4.35. The number of hydrogen-bond acceptors (Lipinski definition) is 4. The van der Waals surface area contributed by atoms with Crippen LogP contribution in [0.2, 0.25) is 0 Å². The molecule has 0 aliphatic carbocycles. The van der Waals surface area contributed by atoms with E-state index in [0.29, 0.717) is 19.1 Å². The van der Waals surface area contributed by atoms with E-state index < -0.39 is 0 Å². The monoisotopic (exact) mass is 229 g/mol. The van der Waals surface area contributed by atoms with Crippen LogP contribution in [0.15, 0.2) is 0 Å². The number of carbonyl (C=O) groups excluding carboxylic acids is 1. The zero-order valence-electron chi connectivity index (χ0n) is 10.3. The van der Waals surface area contributed by atoms with Gasteiger partial charge in [0.25, 0.3) is 0 Å². The van der Waals surface area contributed by atoms with Gasteiger partial charge in [0.1, 0.15) is 0 Å². The molecule has 1 aliphatic heterocycles. The zero-order chi connectivity index (χ0) is 12.0. The van der Waals surface area contributed by atoms with Crippen molar-refractivity contribution in [1.82, 2.24) is 15.1 Å². The molecule has 0 bridgehead atoms. The van der Waals surface area contributed by atoms with Gasteiger partial charge in [-0.3, -0.25) is 9.69 Å². The molecule has 0 spiro atoms. The number of hydrogen-bond donors (Lipinski definition) is 2. The van der Waals surface area contributed by atoms with Crippen molar-refractivity contribution in [2.45, 2.75) is 19.4 Å². The van der Waals surface area contributed by atoms with Crippen LogP contribution in [0.5, 0.6) is 0 Å². The van der Waals surface area contributed by atoms with Gasteiger partial charge in [0.2, 0.25) is 5.91 Å². The number of likely N-dealkylation sites (N-methyl/N-ethyl adjacent to an activating group) is 1. The number of carbonyl (C=O) groups is 1. The van der Waals surface area contributed by atoms with Crippen LogP contribution in [0, 0.1) is 0 Å². The van der Waals surface area contributed by atoms with Crippen molar-refractivity contribution in [2.24, 2.45) is 0 Å². The van der Waals surface area contributed by atoms with Gasteiger partial charge >= 0.3 is 0 Å². The van der Waals surface area contributed by atoms with Crippen molar-refractivity contribution in [1.29, 1.82) is 0 Å². The van der Waals surface area contributed by atoms with Crippen LogP contribution in [0.3, 0.4) is 0 Å². The van der Waals surface area contributed by atoms with Gasteiger partial charge in [-0.15, -0.1) is 0 Å². The fourth-order valence-corrected chi connectivity index (χ4v) is 2.05. The number of aliphatic hydroxyl groups excluding tert-OH is 1. The molecule has 0 saturated carbocycles. The molecule has 1 atom stereocenters. The summed E-state index contributed by atoms with van der Waals surface area (Å²) in [5, 5.41) is 11.3. The molecule has 0 aromatic rings. The summed E-state index contributed by atoms with van der Waals surface area (Å²) in [4.78, 5) is 16.0. The van der Waals surface area contributed by atoms with Crippen LogP contribution >= 0.6 is 0 Å². The molecule has 1 fully saturated rings. The van der Waals surface area contributed by atoms with E-state index in [9.17, 15) is 4.79 Å². The summed E-state index contributed by atoms with van der Waals surface area (Å²) in [6.45, 7) is 5.90. The molecule has 1 saturated heterocycles. The van der Waals surface area contributed by atoms with E-state index in [4.69, 9.17) is 5.11 Å². The van der Waals surface area contributed by atoms with E-state index in [1.54, 1.807) is 0 Å². The maximum atomic E-state index is 11.5. The third-order valence-electron chi connectivity index (χ3n) is 3.13. The summed E-state index contributed by atoms with van der Waals surface area (Å²) in [6.07, 6.45) is 1.12. The Hall–Kier alpha value is -0.650. The van der Waals surface area contributed by atoms with Gasteiger partial charge in [0.05, 0.1) is 13.2 Å². The highest BCUT2D eigenvalue weighted by atomic mass is 16.3. The number of piperazine rings is 1. The van der Waals surface area contributed by atoms with Gasteiger partial charge in [0.15, 0.2) is 0 Å². The number of nitrogens with zero attached hydrogens (tertiary/aromatic N) is 2. The van der Waals surface area contributed by atoms with Crippen molar-refractivity contribution in [3.8, 4) is 0 Å². The summed E-state index contributed by atoms with van der Waals surface area (Å²) >= 11 is 0. The normalized spacial score (nSPS) is 23.3. The Labute approximate surface area is 97.4 Å². The predicted octanol–water partition coefficient (Wildman–Crippen LogP) is -0.879. The lowest BCUT2D eigenvalue weighted by atomic mass is 10.1. The van der Waals surface area contributed by atoms with E-state index in [0.717, 1.165) is 26.1 Å². The maximum absolute atomic E-state index is 11.5. The minimum atomic E-state index is 0.00601. The highest BCUT2D eigenvalue weighted by Crippen LogP contribution is 2.09. The Morgan fingerprint density at radius 3 is 2.88 bits per heavy atom. The number of aliphatic hydroxyl groups is 1. The van der Waals surface area contributed by atoms with Crippen LogP contribution in [0.25, 0.3) is 0 Å². The molecule has 0 radical (unpaired) electrons. The minimum absolute atomic E-state index is 0.00601. The number of amides is 1. The molecular weight excluding hydrogens is 206 g/mol. The van der Waals surface area contributed by atoms with Crippen molar-refractivity contribution in [3.63, 3.8) is 0 Å². The summed E-state index contributed by atoms with van der Waals surface area (Å²) in [7, 11) is 2.14. The second-order valence-electron chi connectivity index (χ2n) is 4.35. The number of nitrogens with one attached hydrogen (secondary N) is 1. The molecule has 0 aromatic carbocycles. The largest absolute Gasteiger partial charge is 0.395 e. The molecule has 1 heterocycles. The Bertz CT molecular complexity index is 223. The first kappa shape index (κ1) is 13.4. The summed E-state index contributed by atoms with van der Waals surface area (Å²) in [5.41, 5.74) is 0. The van der Waals surface area contributed by atoms with Gasteiger partial charge < -0.3 is 15.3 Å². The summed E-state index contributed by atoms with van der Waals surface area (Å²) in [6, 6.07) is 0.555. The highest BCUT2D eigenvalue weighted by Gasteiger charge is 2.23. The lowest BCUT2D eigenvalue weighted by Gasteiger charge is -2.38. The molecule has 1 amide bonds. The van der Waals surface area contributed by atoms with Crippen LogP contribution in [0.1, 0.15) is 13.3 Å². The van der Waals surface area contributed by atoms with Crippen molar-refractivity contribution >= 4 is 5.91 Å². The smallest absolute Gasteiger partial charge is 0.234 e. The van der Waals surface area contributed by atoms with Crippen molar-refractivity contribution in [3.05, 3.63) is 0 Å². The third-order valence-corrected chi connectivity index (χ3v) is 3.13. The lowest BCUT2D eigenvalue weighted by molar-refractivity contribution is -0.123. The Kier molecular flexibility index (Phi) is 5.73. The molecule has 5 nitrogen and oxygen atoms in total. The molecule has 2 N–H and O–H groups in total. The molecule has 5 heteroatoms. The maximum Gasteiger partial charge on any atom is 0.234 e. The lowest BCUT2D eigenvalue weighted by Crippen LogP contribution is -2.53. The average Bonchev–Trinajstić information content (AvgIpc) is 2.29. The minimum Gasteiger partial charge on any atom is -0.395 e. The fraction of sp³-hybridized carbons (Fsp3) is 0.909. The van der Waals surface area contributed by atoms with Crippen molar-refractivity contribution in [2.75, 3.05) is 46.4 Å². The van der Waals surface area contributed by atoms with Crippen LogP contribution in [-0.2, 0) is 4.79 Å². The first-order valence-corrected chi connectivity index (χ1v) is 5.97. The molecule has 16 heavy (non-hydrogen) atoms. The van der Waals surface area contributed by atoms with E-state index >= 15 is 0 Å². The highest BCUT2D eigenvalue weighted by molar-refractivity contribution is 5.77. The molecule has 1 rings (SSSR count). The van der Waals surface area contributed by atoms with E-state index in [2.05, 4.69) is 29.1 Å². The zero-order valence-corrected chi connectivity index (χ0v) is 10.3. The summed E-state index contributed by atoms with van der Waals surface area (Å²) in [5.74, 6) is 0.00783. The van der Waals surface area contributed by atoms with E-state index in [1.807, 2.05) is 0 Å². The Balaban J connectivity index is 2.30. The van der Waals surface area contributed by atoms with Crippen LogP contribution in [0.4, 0.5) is 0 Å². The second kappa shape index (κ2) is 6.83. The third kappa shape index (κ3) is 4.08. The van der Waals surface area contributed by atoms with Gasteiger partial charge in [-0.1, -0.05) is 6.92 Å². The van der Waals surface area contributed by atoms with Gasteiger partial charge in [-0.05, 0) is 13.5 Å². The molecule has 1 aliphatic rings. The standard InChI is InChI=1S/C11H23N3O2/c1-3-10-8-14(6-5-13(10)2)9-11(16)12-4-7-15/h10,15H,3-9H2,1-2H3,(H,12,16). The van der Waals surface area contributed by atoms with E-state index in [-0.39, 0.29) is 12.5 Å². The first-order valence-electron chi connectivity index (χ1n) is 5.97. The first-order chi connectivity index (χ1) is 7.67. The molecular formula is C11H23N3O2. The fourth-order valence-electron chi connectivity index (χ4n) is 2.05. The van der Waals surface area contributed by atoms with Gasteiger partial charge in [0, 0.05) is 32.2 Å². The Morgan fingerprint density at radius 2 is 2.25 bits per heavy atom. The molecule has 94 valence electrons. The predicted molar refractivity (Wildman–Crippen MR) is 63.2 cm³/mol. The topological polar surface area (TPSA) is 55.8 Å². The molecule has 1 unspecified atom stereocenters. The van der Waals surface area contributed by atoms with E-state index in [1.165, 1.54) is 0 Å². The van der Waals surface area contributed by atoms with Crippen LogP contribution in [-0.4, -0.2) is 73.2 Å². The van der Waals surface area contributed by atoms with Crippen molar-refractivity contribution < 1.29 is 9.90 Å².